The van der Waals surface area contributed by atoms with Crippen LogP contribution in [0.1, 0.15) is 16.0 Å². The molecule has 10 heteroatoms. The summed E-state index contributed by atoms with van der Waals surface area (Å²) < 4.78 is 41.3. The van der Waals surface area contributed by atoms with Crippen molar-refractivity contribution < 1.29 is 18.3 Å². The molecule has 0 bridgehead atoms. The highest BCUT2D eigenvalue weighted by Gasteiger charge is 2.21. The molecule has 190 valence electrons. The molecule has 5 rings (SSSR count). The van der Waals surface area contributed by atoms with Crippen molar-refractivity contribution >= 4 is 51.3 Å². The second-order valence-corrected chi connectivity index (χ2v) is 10.9. The predicted molar refractivity (Wildman–Crippen MR) is 147 cm³/mol. The first-order valence-corrected chi connectivity index (χ1v) is 13.7. The van der Waals surface area contributed by atoms with E-state index < -0.39 is 5.82 Å². The minimum absolute atomic E-state index is 0.0290. The maximum Gasteiger partial charge on any atom is 0.195 e. The third kappa shape index (κ3) is 5.16. The van der Waals surface area contributed by atoms with Gasteiger partial charge in [0.05, 0.1) is 31.1 Å². The summed E-state index contributed by atoms with van der Waals surface area (Å²) in [6.07, 6.45) is 2.32. The van der Waals surface area contributed by atoms with Crippen molar-refractivity contribution in [3.05, 3.63) is 98.5 Å². The summed E-state index contributed by atoms with van der Waals surface area (Å²) in [6.45, 7) is 0. The fourth-order valence-electron chi connectivity index (χ4n) is 4.03. The molecule has 0 N–H and O–H groups in total. The van der Waals surface area contributed by atoms with Crippen molar-refractivity contribution in [2.45, 2.75) is 17.2 Å². The first-order valence-electron chi connectivity index (χ1n) is 11.1. The Balaban J connectivity index is 1.60. The van der Waals surface area contributed by atoms with Crippen LogP contribution in [-0.4, -0.2) is 23.6 Å². The molecule has 0 fully saturated rings. The minimum Gasteiger partial charge on any atom is -0.493 e. The number of ether oxygens (including phenoxy) is 2. The van der Waals surface area contributed by atoms with E-state index >= 15 is 0 Å². The van der Waals surface area contributed by atoms with Crippen LogP contribution in [0.5, 0.6) is 11.5 Å². The van der Waals surface area contributed by atoms with Crippen molar-refractivity contribution in [3.63, 3.8) is 0 Å². The predicted octanol–water partition coefficient (Wildman–Crippen LogP) is 8.55. The number of aromatic nitrogens is 2. The highest BCUT2D eigenvalue weighted by atomic mass is 35.5. The molecule has 0 saturated carbocycles. The van der Waals surface area contributed by atoms with Crippen molar-refractivity contribution in [1.29, 1.82) is 0 Å². The second-order valence-electron chi connectivity index (χ2n) is 8.07. The normalized spacial score (nSPS) is 11.3. The van der Waals surface area contributed by atoms with E-state index in [2.05, 4.69) is 4.98 Å². The van der Waals surface area contributed by atoms with E-state index in [0.717, 1.165) is 31.7 Å². The molecule has 0 atom stereocenters. The number of hydrogen-bond acceptors (Lipinski definition) is 5. The van der Waals surface area contributed by atoms with Crippen LogP contribution in [0.25, 0.3) is 16.2 Å². The van der Waals surface area contributed by atoms with Gasteiger partial charge in [-0.3, -0.25) is 4.40 Å². The van der Waals surface area contributed by atoms with Crippen molar-refractivity contribution in [3.8, 4) is 22.8 Å². The number of thioether (sulfide) groups is 1. The molecule has 4 nitrogen and oxygen atoms in total. The molecule has 2 heterocycles. The number of benzene rings is 3. The Kier molecular flexibility index (Phi) is 7.62. The lowest BCUT2D eigenvalue weighted by Crippen LogP contribution is -1.96. The first kappa shape index (κ1) is 25.9. The average Bonchev–Trinajstić information content (AvgIpc) is 3.44. The molecule has 3 aromatic carbocycles. The molecule has 0 amide bonds. The maximum atomic E-state index is 14.4. The van der Waals surface area contributed by atoms with Crippen LogP contribution in [-0.2, 0) is 12.2 Å². The largest absolute Gasteiger partial charge is 0.493 e. The molecule has 5 aromatic rings. The SMILES string of the molecule is COc1ccc(Cc2sc3ncc(SCc4c(F)cccc4Cl)n3c2-c2ccc(F)c(Cl)c2)cc1OC. The van der Waals surface area contributed by atoms with Gasteiger partial charge in [-0.1, -0.05) is 35.3 Å². The van der Waals surface area contributed by atoms with Crippen molar-refractivity contribution in [2.75, 3.05) is 14.2 Å². The van der Waals surface area contributed by atoms with Crippen LogP contribution in [0.3, 0.4) is 0 Å². The summed E-state index contributed by atoms with van der Waals surface area (Å²) >= 11 is 15.4. The van der Waals surface area contributed by atoms with Crippen LogP contribution < -0.4 is 9.47 Å². The van der Waals surface area contributed by atoms with Crippen molar-refractivity contribution in [2.24, 2.45) is 0 Å². The lowest BCUT2D eigenvalue weighted by molar-refractivity contribution is 0.354. The zero-order valence-electron chi connectivity index (χ0n) is 19.7. The number of hydrogen-bond donors (Lipinski definition) is 0. The van der Waals surface area contributed by atoms with E-state index in [4.69, 9.17) is 32.7 Å². The standard InChI is InChI=1S/C27H20Cl2F2N2O2S2/c1-34-22-9-6-15(10-23(22)35-2)11-24-26(16-7-8-21(31)19(29)12-16)33-25(13-32-27(33)37-24)36-14-17-18(28)4-3-5-20(17)30/h3-10,12-13H,11,14H2,1-2H3. The van der Waals surface area contributed by atoms with Crippen LogP contribution >= 0.6 is 46.3 Å². The molecule has 0 aliphatic heterocycles. The number of fused-ring (bicyclic) bond motifs is 1. The monoisotopic (exact) mass is 576 g/mol. The summed E-state index contributed by atoms with van der Waals surface area (Å²) in [6, 6.07) is 15.1. The molecule has 0 saturated heterocycles. The third-order valence-corrected chi connectivity index (χ3v) is 8.55. The molecule has 0 spiro atoms. The number of halogens is 4. The topological polar surface area (TPSA) is 35.8 Å². The lowest BCUT2D eigenvalue weighted by Gasteiger charge is -2.11. The molecule has 0 aliphatic rings. The molecule has 0 unspecified atom stereocenters. The minimum atomic E-state index is -0.493. The van der Waals surface area contributed by atoms with E-state index in [1.165, 1.54) is 35.2 Å². The van der Waals surface area contributed by atoms with Gasteiger partial charge in [0.25, 0.3) is 0 Å². The van der Waals surface area contributed by atoms with Gasteiger partial charge in [-0.05, 0) is 48.0 Å². The quantitative estimate of drug-likeness (QED) is 0.173. The molecule has 2 aromatic heterocycles. The highest BCUT2D eigenvalue weighted by molar-refractivity contribution is 7.98. The lowest BCUT2D eigenvalue weighted by atomic mass is 10.1. The summed E-state index contributed by atoms with van der Waals surface area (Å²) in [5, 5.41) is 1.21. The summed E-state index contributed by atoms with van der Waals surface area (Å²) in [4.78, 5) is 6.37. The van der Waals surface area contributed by atoms with Gasteiger partial charge in [-0.25, -0.2) is 13.8 Å². The number of imidazole rings is 1. The molecular formula is C27H20Cl2F2N2O2S2. The summed E-state index contributed by atoms with van der Waals surface area (Å²) in [5.74, 6) is 0.747. The smallest absolute Gasteiger partial charge is 0.195 e. The van der Waals surface area contributed by atoms with Crippen molar-refractivity contribution in [1.82, 2.24) is 9.38 Å². The Bertz CT molecular complexity index is 1580. The molecular weight excluding hydrogens is 557 g/mol. The van der Waals surface area contributed by atoms with E-state index in [1.54, 1.807) is 44.7 Å². The van der Waals surface area contributed by atoms with Gasteiger partial charge in [-0.2, -0.15) is 0 Å². The Morgan fingerprint density at radius 1 is 0.946 bits per heavy atom. The molecule has 37 heavy (non-hydrogen) atoms. The fourth-order valence-corrected chi connectivity index (χ4v) is 6.75. The zero-order valence-corrected chi connectivity index (χ0v) is 22.9. The van der Waals surface area contributed by atoms with Gasteiger partial charge in [0.15, 0.2) is 16.5 Å². The second kappa shape index (κ2) is 10.9. The Morgan fingerprint density at radius 2 is 1.76 bits per heavy atom. The highest BCUT2D eigenvalue weighted by Crippen LogP contribution is 2.40. The zero-order chi connectivity index (χ0) is 26.1. The number of rotatable bonds is 8. The van der Waals surface area contributed by atoms with E-state index in [-0.39, 0.29) is 10.8 Å². The Morgan fingerprint density at radius 3 is 2.49 bits per heavy atom. The van der Waals surface area contributed by atoms with Gasteiger partial charge < -0.3 is 9.47 Å². The van der Waals surface area contributed by atoms with E-state index in [1.807, 2.05) is 22.6 Å². The van der Waals surface area contributed by atoms with Gasteiger partial charge in [0.1, 0.15) is 16.7 Å². The van der Waals surface area contributed by atoms with E-state index in [9.17, 15) is 8.78 Å². The number of thiazole rings is 1. The van der Waals surface area contributed by atoms with Gasteiger partial charge in [0, 0.05) is 33.2 Å². The summed E-state index contributed by atoms with van der Waals surface area (Å²) in [7, 11) is 3.19. The van der Waals surface area contributed by atoms with Crippen LogP contribution in [0.4, 0.5) is 8.78 Å². The van der Waals surface area contributed by atoms with Gasteiger partial charge >= 0.3 is 0 Å². The Labute approximate surface area is 230 Å². The number of methoxy groups -OCH3 is 2. The van der Waals surface area contributed by atoms with Crippen LogP contribution in [0.15, 0.2) is 65.8 Å². The third-order valence-electron chi connectivity index (χ3n) is 5.83. The summed E-state index contributed by atoms with van der Waals surface area (Å²) in [5.41, 5.74) is 3.02. The molecule has 0 radical (unpaired) electrons. The van der Waals surface area contributed by atoms with Gasteiger partial charge in [-0.15, -0.1) is 23.1 Å². The van der Waals surface area contributed by atoms with E-state index in [0.29, 0.717) is 34.3 Å². The Hall–Kier alpha value is -2.78. The first-order chi connectivity index (χ1) is 17.9. The maximum absolute atomic E-state index is 14.4. The van der Waals surface area contributed by atoms with Crippen LogP contribution in [0.2, 0.25) is 10.0 Å². The molecule has 0 aliphatic carbocycles. The van der Waals surface area contributed by atoms with Gasteiger partial charge in [0.2, 0.25) is 0 Å². The average molecular weight is 578 g/mol. The number of nitrogens with zero attached hydrogens (tertiary/aromatic N) is 2. The van der Waals surface area contributed by atoms with Crippen LogP contribution in [0, 0.1) is 11.6 Å². The fraction of sp³-hybridized carbons (Fsp3) is 0.148.